The molecule has 0 bridgehead atoms. The fourth-order valence-corrected chi connectivity index (χ4v) is 3.83. The maximum atomic E-state index is 12.6. The van der Waals surface area contributed by atoms with Crippen LogP contribution in [0.1, 0.15) is 26.5 Å². The minimum absolute atomic E-state index is 0.194. The van der Waals surface area contributed by atoms with Crippen LogP contribution < -0.4 is 10.6 Å². The van der Waals surface area contributed by atoms with Gasteiger partial charge < -0.3 is 15.2 Å². The summed E-state index contributed by atoms with van der Waals surface area (Å²) in [5.41, 5.74) is 3.58. The molecule has 0 aliphatic carbocycles. The Kier molecular flexibility index (Phi) is 6.13. The monoisotopic (exact) mass is 476 g/mol. The van der Waals surface area contributed by atoms with E-state index in [1.54, 1.807) is 42.5 Å². The molecule has 0 saturated heterocycles. The van der Waals surface area contributed by atoms with Gasteiger partial charge in [-0.1, -0.05) is 40.2 Å². The molecule has 3 aromatic carbocycles. The van der Waals surface area contributed by atoms with E-state index in [4.69, 9.17) is 0 Å². The van der Waals surface area contributed by atoms with E-state index in [9.17, 15) is 9.59 Å². The lowest BCUT2D eigenvalue weighted by Crippen LogP contribution is -2.27. The molecule has 0 saturated carbocycles. The molecule has 2 amide bonds. The lowest BCUT2D eigenvalue weighted by atomic mass is 10.1. The van der Waals surface area contributed by atoms with Gasteiger partial charge in [0.15, 0.2) is 0 Å². The molecule has 4 aromatic rings. The van der Waals surface area contributed by atoms with Crippen molar-refractivity contribution in [3.8, 4) is 0 Å². The molecule has 156 valence electrons. The van der Waals surface area contributed by atoms with Crippen LogP contribution in [-0.2, 0) is 6.54 Å². The van der Waals surface area contributed by atoms with Gasteiger partial charge in [-0.05, 0) is 55.5 Å². The minimum Gasteiger partial charge on any atom is -0.350 e. The highest BCUT2D eigenvalue weighted by molar-refractivity contribution is 9.10. The number of para-hydroxylation sites is 2. The lowest BCUT2D eigenvalue weighted by Gasteiger charge is -2.10. The topological polar surface area (TPSA) is 76.0 Å². The Morgan fingerprint density at radius 2 is 1.68 bits per heavy atom. The number of benzene rings is 3. The van der Waals surface area contributed by atoms with Crippen molar-refractivity contribution in [1.82, 2.24) is 14.9 Å². The van der Waals surface area contributed by atoms with Crippen molar-refractivity contribution in [2.45, 2.75) is 13.5 Å². The Bertz CT molecular complexity index is 1270. The highest BCUT2D eigenvalue weighted by atomic mass is 79.9. The van der Waals surface area contributed by atoms with Gasteiger partial charge in [0.05, 0.1) is 11.0 Å². The summed E-state index contributed by atoms with van der Waals surface area (Å²) in [4.78, 5) is 29.6. The Hall–Kier alpha value is -3.45. The fourth-order valence-electron chi connectivity index (χ4n) is 3.43. The van der Waals surface area contributed by atoms with Gasteiger partial charge in [-0.15, -0.1) is 0 Å². The van der Waals surface area contributed by atoms with E-state index in [0.717, 1.165) is 21.3 Å². The second kappa shape index (κ2) is 9.14. The zero-order chi connectivity index (χ0) is 21.8. The van der Waals surface area contributed by atoms with E-state index < -0.39 is 0 Å². The molecular formula is C24H21BrN4O2. The predicted octanol–water partition coefficient (Wildman–Crippen LogP) is 4.79. The van der Waals surface area contributed by atoms with E-state index in [1.165, 1.54) is 0 Å². The van der Waals surface area contributed by atoms with Crippen molar-refractivity contribution in [3.05, 3.63) is 94.2 Å². The molecule has 1 heterocycles. The minimum atomic E-state index is -0.235. The van der Waals surface area contributed by atoms with Crippen LogP contribution in [0.3, 0.4) is 0 Å². The average Bonchev–Trinajstić information content (AvgIpc) is 3.09. The van der Waals surface area contributed by atoms with Gasteiger partial charge in [-0.3, -0.25) is 9.59 Å². The second-order valence-electron chi connectivity index (χ2n) is 7.10. The third kappa shape index (κ3) is 4.83. The van der Waals surface area contributed by atoms with Gasteiger partial charge in [0.25, 0.3) is 11.8 Å². The predicted molar refractivity (Wildman–Crippen MR) is 125 cm³/mol. The van der Waals surface area contributed by atoms with Gasteiger partial charge in [0.1, 0.15) is 5.82 Å². The number of anilines is 1. The molecule has 0 atom stereocenters. The SMILES string of the molecule is Cc1nc2ccccc2n1CCNC(=O)c1cccc(NC(=O)c2cccc(Br)c2)c1. The third-order valence-corrected chi connectivity index (χ3v) is 5.43. The van der Waals surface area contributed by atoms with Gasteiger partial charge in [0, 0.05) is 34.4 Å². The maximum absolute atomic E-state index is 12.6. The first-order valence-corrected chi connectivity index (χ1v) is 10.7. The standard InChI is InChI=1S/C24H21BrN4O2/c1-16-27-21-10-2-3-11-22(21)29(16)13-12-26-23(30)18-7-5-9-20(15-18)28-24(31)17-6-4-8-19(25)14-17/h2-11,14-15H,12-13H2,1H3,(H,26,30)(H,28,31). The summed E-state index contributed by atoms with van der Waals surface area (Å²) in [6.07, 6.45) is 0. The van der Waals surface area contributed by atoms with E-state index in [-0.39, 0.29) is 11.8 Å². The smallest absolute Gasteiger partial charge is 0.255 e. The van der Waals surface area contributed by atoms with Crippen molar-refractivity contribution >= 4 is 44.5 Å². The molecule has 0 radical (unpaired) electrons. The van der Waals surface area contributed by atoms with Crippen LogP contribution in [0.5, 0.6) is 0 Å². The van der Waals surface area contributed by atoms with Gasteiger partial charge in [-0.25, -0.2) is 4.98 Å². The molecule has 0 aliphatic heterocycles. The summed E-state index contributed by atoms with van der Waals surface area (Å²) in [6.45, 7) is 3.05. The van der Waals surface area contributed by atoms with Crippen LogP contribution in [-0.4, -0.2) is 27.9 Å². The first-order chi connectivity index (χ1) is 15.0. The van der Waals surface area contributed by atoms with Gasteiger partial charge in [-0.2, -0.15) is 0 Å². The van der Waals surface area contributed by atoms with Crippen LogP contribution in [0.2, 0.25) is 0 Å². The zero-order valence-corrected chi connectivity index (χ0v) is 18.5. The Morgan fingerprint density at radius 1 is 0.935 bits per heavy atom. The molecule has 0 aliphatic rings. The number of rotatable bonds is 6. The maximum Gasteiger partial charge on any atom is 0.255 e. The molecule has 31 heavy (non-hydrogen) atoms. The molecule has 4 rings (SSSR count). The summed E-state index contributed by atoms with van der Waals surface area (Å²) in [6, 6.07) is 22.0. The van der Waals surface area contributed by atoms with Crippen LogP contribution in [0.15, 0.2) is 77.3 Å². The van der Waals surface area contributed by atoms with Crippen molar-refractivity contribution in [1.29, 1.82) is 0 Å². The number of aryl methyl sites for hydroxylation is 1. The summed E-state index contributed by atoms with van der Waals surface area (Å²) in [5.74, 6) is 0.481. The third-order valence-electron chi connectivity index (χ3n) is 4.94. The van der Waals surface area contributed by atoms with E-state index >= 15 is 0 Å². The number of nitrogens with zero attached hydrogens (tertiary/aromatic N) is 2. The van der Waals surface area contributed by atoms with Crippen LogP contribution in [0.25, 0.3) is 11.0 Å². The van der Waals surface area contributed by atoms with Crippen LogP contribution >= 0.6 is 15.9 Å². The normalized spacial score (nSPS) is 10.8. The lowest BCUT2D eigenvalue weighted by molar-refractivity contribution is 0.0951. The van der Waals surface area contributed by atoms with Crippen molar-refractivity contribution in [2.24, 2.45) is 0 Å². The largest absolute Gasteiger partial charge is 0.350 e. The Labute approximate surface area is 188 Å². The van der Waals surface area contributed by atoms with Crippen molar-refractivity contribution < 1.29 is 9.59 Å². The highest BCUT2D eigenvalue weighted by Crippen LogP contribution is 2.16. The molecule has 0 fully saturated rings. The van der Waals surface area contributed by atoms with E-state index in [1.807, 2.05) is 37.3 Å². The molecule has 2 N–H and O–H groups in total. The summed E-state index contributed by atoms with van der Waals surface area (Å²) in [5, 5.41) is 5.78. The second-order valence-corrected chi connectivity index (χ2v) is 8.02. The molecule has 1 aromatic heterocycles. The number of halogens is 1. The number of hydrogen-bond acceptors (Lipinski definition) is 3. The van der Waals surface area contributed by atoms with Crippen molar-refractivity contribution in [2.75, 3.05) is 11.9 Å². The van der Waals surface area contributed by atoms with E-state index in [2.05, 4.69) is 36.1 Å². The number of hydrogen-bond donors (Lipinski definition) is 2. The van der Waals surface area contributed by atoms with Crippen LogP contribution in [0.4, 0.5) is 5.69 Å². The number of nitrogens with one attached hydrogen (secondary N) is 2. The van der Waals surface area contributed by atoms with Crippen LogP contribution in [0, 0.1) is 6.92 Å². The summed E-state index contributed by atoms with van der Waals surface area (Å²) < 4.78 is 2.92. The molecule has 0 spiro atoms. The molecule has 7 heteroatoms. The number of fused-ring (bicyclic) bond motifs is 1. The number of imidazole rings is 1. The average molecular weight is 477 g/mol. The van der Waals surface area contributed by atoms with Crippen molar-refractivity contribution in [3.63, 3.8) is 0 Å². The molecule has 0 unspecified atom stereocenters. The Balaban J connectivity index is 1.39. The fraction of sp³-hybridized carbons (Fsp3) is 0.125. The quantitative estimate of drug-likeness (QED) is 0.420. The van der Waals surface area contributed by atoms with Gasteiger partial charge in [0.2, 0.25) is 0 Å². The zero-order valence-electron chi connectivity index (χ0n) is 16.9. The molecular weight excluding hydrogens is 456 g/mol. The number of aromatic nitrogens is 2. The number of carbonyl (C=O) groups excluding carboxylic acids is 2. The Morgan fingerprint density at radius 3 is 2.48 bits per heavy atom. The molecule has 6 nitrogen and oxygen atoms in total. The first-order valence-electron chi connectivity index (χ1n) is 9.88. The number of carbonyl (C=O) groups is 2. The summed E-state index contributed by atoms with van der Waals surface area (Å²) in [7, 11) is 0. The highest BCUT2D eigenvalue weighted by Gasteiger charge is 2.11. The van der Waals surface area contributed by atoms with Gasteiger partial charge >= 0.3 is 0 Å². The summed E-state index contributed by atoms with van der Waals surface area (Å²) >= 11 is 3.36. The first kappa shape index (κ1) is 20.8. The number of amides is 2. The van der Waals surface area contributed by atoms with E-state index in [0.29, 0.717) is 29.9 Å².